The molecule has 2 aliphatic heterocycles. The summed E-state index contributed by atoms with van der Waals surface area (Å²) >= 11 is 6.15. The summed E-state index contributed by atoms with van der Waals surface area (Å²) in [6, 6.07) is 4.21. The van der Waals surface area contributed by atoms with Gasteiger partial charge in [0.15, 0.2) is 0 Å². The minimum atomic E-state index is -0.381. The molecule has 8 heteroatoms. The van der Waals surface area contributed by atoms with Crippen LogP contribution >= 0.6 is 11.6 Å². The highest BCUT2D eigenvalue weighted by atomic mass is 35.5. The Morgan fingerprint density at radius 3 is 2.50 bits per heavy atom. The number of pyridine rings is 1. The average Bonchev–Trinajstić information content (AvgIpc) is 2.94. The van der Waals surface area contributed by atoms with Crippen molar-refractivity contribution in [2.24, 2.45) is 0 Å². The molecule has 1 aromatic rings. The molecular formula is C16H16ClN5O2. The molecule has 1 spiro atoms. The lowest BCUT2D eigenvalue weighted by Crippen LogP contribution is -2.52. The minimum absolute atomic E-state index is 0.126. The molecule has 7 nitrogen and oxygen atoms in total. The molecule has 0 bridgehead atoms. The van der Waals surface area contributed by atoms with Gasteiger partial charge in [-0.3, -0.25) is 0 Å². The number of nitrogens with zero attached hydrogens (tertiary/aromatic N) is 4. The molecule has 1 aromatic heterocycles. The number of halogens is 1. The molecule has 3 rings (SSSR count). The highest BCUT2D eigenvalue weighted by Gasteiger charge is 2.42. The van der Waals surface area contributed by atoms with Gasteiger partial charge in [-0.25, -0.2) is 9.78 Å². The number of anilines is 1. The number of aromatic nitrogens is 1. The first-order chi connectivity index (χ1) is 11.5. The molecule has 0 aliphatic carbocycles. The number of rotatable bonds is 2. The number of hydrogen-bond acceptors (Lipinski definition) is 6. The Bertz CT molecular complexity index is 772. The molecule has 2 saturated heterocycles. The number of carbonyl (C=O) groups excluding carboxylic acids is 1. The van der Waals surface area contributed by atoms with Crippen LogP contribution in [0.5, 0.6) is 0 Å². The fourth-order valence-electron chi connectivity index (χ4n) is 3.31. The third-order valence-corrected chi connectivity index (χ3v) is 4.96. The zero-order valence-corrected chi connectivity index (χ0v) is 14.0. The van der Waals surface area contributed by atoms with Gasteiger partial charge >= 0.3 is 6.09 Å². The second kappa shape index (κ2) is 6.18. The fourth-order valence-corrected chi connectivity index (χ4v) is 3.55. The molecule has 2 fully saturated rings. The van der Waals surface area contributed by atoms with Gasteiger partial charge in [-0.1, -0.05) is 18.5 Å². The number of carbonyl (C=O) groups is 1. The van der Waals surface area contributed by atoms with Crippen LogP contribution in [0.2, 0.25) is 5.15 Å². The van der Waals surface area contributed by atoms with Crippen molar-refractivity contribution in [3.8, 4) is 12.1 Å². The highest BCUT2D eigenvalue weighted by Crippen LogP contribution is 2.33. The first-order valence-electron chi connectivity index (χ1n) is 7.76. The van der Waals surface area contributed by atoms with Crippen LogP contribution in [0.1, 0.15) is 36.5 Å². The topological polar surface area (TPSA) is 102 Å². The molecule has 0 saturated carbocycles. The minimum Gasteiger partial charge on any atom is -0.447 e. The van der Waals surface area contributed by atoms with Crippen LogP contribution in [0.3, 0.4) is 0 Å². The van der Waals surface area contributed by atoms with Crippen molar-refractivity contribution in [2.75, 3.05) is 24.6 Å². The largest absolute Gasteiger partial charge is 0.447 e. The summed E-state index contributed by atoms with van der Waals surface area (Å²) in [7, 11) is 0. The molecule has 1 N–H and O–H groups in total. The van der Waals surface area contributed by atoms with Crippen molar-refractivity contribution in [3.05, 3.63) is 21.8 Å². The summed E-state index contributed by atoms with van der Waals surface area (Å²) in [5.41, 5.74) is 0.975. The lowest BCUT2D eigenvalue weighted by Gasteiger charge is -2.38. The van der Waals surface area contributed by atoms with Gasteiger partial charge in [0.2, 0.25) is 0 Å². The van der Waals surface area contributed by atoms with E-state index in [9.17, 15) is 15.3 Å². The smallest absolute Gasteiger partial charge is 0.407 e. The first kappa shape index (κ1) is 16.4. The van der Waals surface area contributed by atoms with Crippen LogP contribution in [0.4, 0.5) is 10.6 Å². The van der Waals surface area contributed by atoms with E-state index in [2.05, 4.69) is 16.4 Å². The predicted molar refractivity (Wildman–Crippen MR) is 86.7 cm³/mol. The summed E-state index contributed by atoms with van der Waals surface area (Å²) in [5, 5.41) is 21.8. The summed E-state index contributed by atoms with van der Waals surface area (Å²) in [6.45, 7) is 3.49. The van der Waals surface area contributed by atoms with E-state index in [4.69, 9.17) is 16.3 Å². The van der Waals surface area contributed by atoms with E-state index in [-0.39, 0.29) is 22.3 Å². The van der Waals surface area contributed by atoms with Crippen LogP contribution in [-0.2, 0) is 11.2 Å². The Morgan fingerprint density at radius 1 is 1.33 bits per heavy atom. The van der Waals surface area contributed by atoms with Gasteiger partial charge in [0.05, 0.1) is 16.7 Å². The van der Waals surface area contributed by atoms with Gasteiger partial charge in [-0.15, -0.1) is 0 Å². The molecule has 0 aromatic carbocycles. The molecule has 1 amide bonds. The Kier molecular flexibility index (Phi) is 4.21. The molecule has 24 heavy (non-hydrogen) atoms. The van der Waals surface area contributed by atoms with Crippen LogP contribution in [0, 0.1) is 22.7 Å². The molecule has 124 valence electrons. The molecule has 0 radical (unpaired) electrons. The lowest BCUT2D eigenvalue weighted by molar-refractivity contribution is 0.168. The fraction of sp³-hybridized carbons (Fsp3) is 0.500. The Morgan fingerprint density at radius 2 is 2.00 bits per heavy atom. The van der Waals surface area contributed by atoms with Crippen LogP contribution in [-0.4, -0.2) is 36.3 Å². The maximum Gasteiger partial charge on any atom is 0.407 e. The lowest BCUT2D eigenvalue weighted by atomic mass is 9.88. The number of cyclic esters (lactones) is 1. The van der Waals surface area contributed by atoms with E-state index in [1.165, 1.54) is 0 Å². The average molecular weight is 346 g/mol. The number of ether oxygens (including phenoxy) is 1. The van der Waals surface area contributed by atoms with Gasteiger partial charge in [0, 0.05) is 13.1 Å². The monoisotopic (exact) mass is 345 g/mol. The normalized spacial score (nSPS) is 18.7. The van der Waals surface area contributed by atoms with E-state index >= 15 is 0 Å². The molecule has 0 atom stereocenters. The van der Waals surface area contributed by atoms with Crippen molar-refractivity contribution in [1.82, 2.24) is 10.3 Å². The number of piperidine rings is 1. The molecular weight excluding hydrogens is 330 g/mol. The van der Waals surface area contributed by atoms with Crippen LogP contribution < -0.4 is 10.2 Å². The SMILES string of the molecule is CCc1c(C#N)c(Cl)nc(N2CCC3(CC2)COC(=O)N3)c1C#N. The second-order valence-corrected chi connectivity index (χ2v) is 6.36. The second-order valence-electron chi connectivity index (χ2n) is 6.00. The maximum atomic E-state index is 11.3. The van der Waals surface area contributed by atoms with E-state index in [1.807, 2.05) is 17.9 Å². The maximum absolute atomic E-state index is 11.3. The van der Waals surface area contributed by atoms with Crippen LogP contribution in [0.15, 0.2) is 0 Å². The predicted octanol–water partition coefficient (Wildman–Crippen LogP) is 2.12. The zero-order valence-electron chi connectivity index (χ0n) is 13.2. The number of nitriles is 2. The molecule has 2 aliphatic rings. The van der Waals surface area contributed by atoms with Gasteiger partial charge < -0.3 is 15.0 Å². The summed E-state index contributed by atoms with van der Waals surface area (Å²) < 4.78 is 5.02. The summed E-state index contributed by atoms with van der Waals surface area (Å²) in [5.74, 6) is 0.512. The van der Waals surface area contributed by atoms with Crippen molar-refractivity contribution in [3.63, 3.8) is 0 Å². The van der Waals surface area contributed by atoms with Gasteiger partial charge in [0.25, 0.3) is 0 Å². The Hall–Kier alpha value is -2.51. The Balaban J connectivity index is 1.91. The molecule has 0 unspecified atom stereocenters. The van der Waals surface area contributed by atoms with Crippen molar-refractivity contribution in [1.29, 1.82) is 10.5 Å². The van der Waals surface area contributed by atoms with Gasteiger partial charge in [0.1, 0.15) is 29.7 Å². The van der Waals surface area contributed by atoms with E-state index in [0.29, 0.717) is 55.9 Å². The zero-order chi connectivity index (χ0) is 17.3. The van der Waals surface area contributed by atoms with Gasteiger partial charge in [-0.05, 0) is 24.8 Å². The van der Waals surface area contributed by atoms with Crippen LogP contribution in [0.25, 0.3) is 0 Å². The van der Waals surface area contributed by atoms with E-state index in [0.717, 1.165) is 0 Å². The third-order valence-electron chi connectivity index (χ3n) is 4.68. The first-order valence-corrected chi connectivity index (χ1v) is 8.14. The third kappa shape index (κ3) is 2.61. The van der Waals surface area contributed by atoms with Crippen molar-refractivity contribution < 1.29 is 9.53 Å². The number of amides is 1. The van der Waals surface area contributed by atoms with E-state index < -0.39 is 0 Å². The van der Waals surface area contributed by atoms with Crippen molar-refractivity contribution >= 4 is 23.5 Å². The summed E-state index contributed by atoms with van der Waals surface area (Å²) in [4.78, 5) is 17.6. The van der Waals surface area contributed by atoms with E-state index in [1.54, 1.807) is 0 Å². The Labute approximate surface area is 144 Å². The molecule has 3 heterocycles. The quantitative estimate of drug-likeness (QED) is 0.824. The number of hydrogen-bond donors (Lipinski definition) is 1. The van der Waals surface area contributed by atoms with Crippen molar-refractivity contribution in [2.45, 2.75) is 31.7 Å². The number of nitrogens with one attached hydrogen (secondary N) is 1. The highest BCUT2D eigenvalue weighted by molar-refractivity contribution is 6.30. The summed E-state index contributed by atoms with van der Waals surface area (Å²) in [6.07, 6.45) is 1.55. The number of alkyl carbamates (subject to hydrolysis) is 1. The standard InChI is InChI=1S/C16H16ClN5O2/c1-2-10-11(7-18)13(17)20-14(12(10)8-19)22-5-3-16(4-6-22)9-24-15(23)21-16/h2-6,9H2,1H3,(H,21,23). The van der Waals surface area contributed by atoms with Gasteiger partial charge in [-0.2, -0.15) is 10.5 Å².